The number of esters is 1. The monoisotopic (exact) mass is 453 g/mol. The van der Waals surface area contributed by atoms with Crippen molar-refractivity contribution in [3.05, 3.63) is 40.3 Å². The van der Waals surface area contributed by atoms with Gasteiger partial charge in [-0.25, -0.2) is 4.98 Å². The van der Waals surface area contributed by atoms with Crippen LogP contribution in [0.4, 0.5) is 0 Å². The number of carbonyl (C=O) groups is 1. The highest BCUT2D eigenvalue weighted by atomic mass is 16.5. The van der Waals surface area contributed by atoms with E-state index in [0.29, 0.717) is 24.8 Å². The molecule has 1 saturated carbocycles. The number of rotatable bonds is 6. The van der Waals surface area contributed by atoms with Crippen molar-refractivity contribution in [2.24, 2.45) is 5.92 Å². The SMILES string of the molecule is CCOC(=O)C(C)Cc1nc2ccccc2n(C2CCN(C3CCCCCCC3)CC2)c1=O. The van der Waals surface area contributed by atoms with Crippen LogP contribution in [0.3, 0.4) is 0 Å². The molecule has 180 valence electrons. The number of carbonyl (C=O) groups excluding carboxylic acids is 1. The normalized spacial score (nSPS) is 20.3. The van der Waals surface area contributed by atoms with E-state index >= 15 is 0 Å². The van der Waals surface area contributed by atoms with Gasteiger partial charge in [0.15, 0.2) is 0 Å². The maximum atomic E-state index is 13.6. The van der Waals surface area contributed by atoms with Gasteiger partial charge in [0, 0.05) is 31.6 Å². The summed E-state index contributed by atoms with van der Waals surface area (Å²) in [5.41, 5.74) is 2.15. The van der Waals surface area contributed by atoms with Gasteiger partial charge in [0.1, 0.15) is 5.69 Å². The smallest absolute Gasteiger partial charge is 0.309 e. The number of aromatic nitrogens is 2. The van der Waals surface area contributed by atoms with Gasteiger partial charge in [0.25, 0.3) is 5.56 Å². The number of hydrogen-bond acceptors (Lipinski definition) is 5. The zero-order valence-corrected chi connectivity index (χ0v) is 20.3. The predicted octanol–water partition coefficient (Wildman–Crippen LogP) is 4.89. The van der Waals surface area contributed by atoms with E-state index in [1.807, 2.05) is 35.8 Å². The molecule has 1 aliphatic carbocycles. The van der Waals surface area contributed by atoms with Crippen molar-refractivity contribution in [1.82, 2.24) is 14.5 Å². The third-order valence-electron chi connectivity index (χ3n) is 7.51. The summed E-state index contributed by atoms with van der Waals surface area (Å²) in [4.78, 5) is 33.1. The quantitative estimate of drug-likeness (QED) is 0.583. The van der Waals surface area contributed by atoms with Crippen LogP contribution in [0.25, 0.3) is 11.0 Å². The van der Waals surface area contributed by atoms with Crippen LogP contribution in [0.1, 0.15) is 83.4 Å². The Balaban J connectivity index is 1.55. The Labute approximate surface area is 197 Å². The summed E-state index contributed by atoms with van der Waals surface area (Å²) in [7, 11) is 0. The molecular formula is C27H39N3O3. The van der Waals surface area contributed by atoms with Gasteiger partial charge in [-0.2, -0.15) is 0 Å². The number of para-hydroxylation sites is 2. The molecule has 6 heteroatoms. The number of benzene rings is 1. The molecule has 6 nitrogen and oxygen atoms in total. The van der Waals surface area contributed by atoms with Gasteiger partial charge in [-0.05, 0) is 44.7 Å². The standard InChI is InChI=1S/C27H39N3O3/c1-3-33-27(32)20(2)19-24-26(31)30(25-14-10-9-13-23(25)28-24)22-15-17-29(18-16-22)21-11-7-5-4-6-8-12-21/h9-10,13-14,20-22H,3-8,11-12,15-19H2,1-2H3. The van der Waals surface area contributed by atoms with E-state index in [-0.39, 0.29) is 23.5 Å². The van der Waals surface area contributed by atoms with Crippen molar-refractivity contribution in [3.8, 4) is 0 Å². The maximum absolute atomic E-state index is 13.6. The topological polar surface area (TPSA) is 64.4 Å². The summed E-state index contributed by atoms with van der Waals surface area (Å²) >= 11 is 0. The van der Waals surface area contributed by atoms with E-state index in [1.54, 1.807) is 6.92 Å². The Kier molecular flexibility index (Phi) is 8.18. The number of fused-ring (bicyclic) bond motifs is 1. The first-order chi connectivity index (χ1) is 16.1. The fraction of sp³-hybridized carbons (Fsp3) is 0.667. The fourth-order valence-corrected chi connectivity index (χ4v) is 5.67. The van der Waals surface area contributed by atoms with E-state index in [2.05, 4.69) is 9.88 Å². The van der Waals surface area contributed by atoms with Crippen molar-refractivity contribution in [1.29, 1.82) is 0 Å². The van der Waals surface area contributed by atoms with Crippen molar-refractivity contribution in [2.75, 3.05) is 19.7 Å². The zero-order chi connectivity index (χ0) is 23.2. The first kappa shape index (κ1) is 23.9. The summed E-state index contributed by atoms with van der Waals surface area (Å²) in [6.07, 6.45) is 11.7. The lowest BCUT2D eigenvalue weighted by Gasteiger charge is -2.39. The van der Waals surface area contributed by atoms with Crippen LogP contribution in [0.15, 0.2) is 29.1 Å². The molecule has 4 rings (SSSR count). The molecule has 2 aromatic rings. The van der Waals surface area contributed by atoms with Crippen molar-refractivity contribution < 1.29 is 9.53 Å². The molecule has 0 N–H and O–H groups in total. The van der Waals surface area contributed by atoms with Gasteiger partial charge in [-0.15, -0.1) is 0 Å². The molecule has 1 aromatic heterocycles. The minimum Gasteiger partial charge on any atom is -0.466 e. The largest absolute Gasteiger partial charge is 0.466 e. The van der Waals surface area contributed by atoms with Crippen LogP contribution in [-0.2, 0) is 16.0 Å². The molecule has 1 aromatic carbocycles. The van der Waals surface area contributed by atoms with Gasteiger partial charge in [-0.1, -0.05) is 51.2 Å². The van der Waals surface area contributed by atoms with Crippen LogP contribution in [-0.4, -0.2) is 46.2 Å². The minimum atomic E-state index is -0.388. The zero-order valence-electron chi connectivity index (χ0n) is 20.3. The number of likely N-dealkylation sites (tertiary alicyclic amines) is 1. The molecule has 2 fully saturated rings. The lowest BCUT2D eigenvalue weighted by Crippen LogP contribution is -2.44. The van der Waals surface area contributed by atoms with Crippen LogP contribution in [0, 0.1) is 5.92 Å². The second-order valence-electron chi connectivity index (χ2n) is 9.85. The first-order valence-electron chi connectivity index (χ1n) is 13.0. The number of piperidine rings is 1. The summed E-state index contributed by atoms with van der Waals surface area (Å²) in [5.74, 6) is -0.660. The Bertz CT molecular complexity index is 986. The van der Waals surface area contributed by atoms with Gasteiger partial charge in [0.05, 0.1) is 23.6 Å². The van der Waals surface area contributed by atoms with E-state index in [9.17, 15) is 9.59 Å². The molecule has 0 spiro atoms. The van der Waals surface area contributed by atoms with E-state index in [1.165, 1.54) is 44.9 Å². The highest BCUT2D eigenvalue weighted by Gasteiger charge is 2.28. The second-order valence-corrected chi connectivity index (χ2v) is 9.85. The van der Waals surface area contributed by atoms with Gasteiger partial charge >= 0.3 is 5.97 Å². The average Bonchev–Trinajstić information content (AvgIpc) is 2.80. The number of ether oxygens (including phenoxy) is 1. The highest BCUT2D eigenvalue weighted by Crippen LogP contribution is 2.29. The average molecular weight is 454 g/mol. The van der Waals surface area contributed by atoms with Gasteiger partial charge < -0.3 is 14.2 Å². The van der Waals surface area contributed by atoms with Crippen LogP contribution in [0.5, 0.6) is 0 Å². The molecular weight excluding hydrogens is 414 g/mol. The maximum Gasteiger partial charge on any atom is 0.309 e. The third-order valence-corrected chi connectivity index (χ3v) is 7.51. The van der Waals surface area contributed by atoms with Gasteiger partial charge in [0.2, 0.25) is 0 Å². The van der Waals surface area contributed by atoms with E-state index < -0.39 is 0 Å². The van der Waals surface area contributed by atoms with Crippen LogP contribution >= 0.6 is 0 Å². The van der Waals surface area contributed by atoms with Crippen molar-refractivity contribution in [3.63, 3.8) is 0 Å². The molecule has 1 aliphatic heterocycles. The Hall–Kier alpha value is -2.21. The lowest BCUT2D eigenvalue weighted by molar-refractivity contribution is -0.147. The van der Waals surface area contributed by atoms with E-state index in [4.69, 9.17) is 4.74 Å². The van der Waals surface area contributed by atoms with Crippen LogP contribution < -0.4 is 5.56 Å². The molecule has 2 aliphatic rings. The molecule has 33 heavy (non-hydrogen) atoms. The minimum absolute atomic E-state index is 0.0470. The third kappa shape index (κ3) is 5.65. The number of nitrogens with zero attached hydrogens (tertiary/aromatic N) is 3. The molecule has 0 amide bonds. The molecule has 1 saturated heterocycles. The summed E-state index contributed by atoms with van der Waals surface area (Å²) in [5, 5.41) is 0. The highest BCUT2D eigenvalue weighted by molar-refractivity contribution is 5.75. The van der Waals surface area contributed by atoms with Gasteiger partial charge in [-0.3, -0.25) is 9.59 Å². The summed E-state index contributed by atoms with van der Waals surface area (Å²) < 4.78 is 7.13. The Morgan fingerprint density at radius 3 is 2.39 bits per heavy atom. The molecule has 0 radical (unpaired) electrons. The Morgan fingerprint density at radius 2 is 1.70 bits per heavy atom. The Morgan fingerprint density at radius 1 is 1.03 bits per heavy atom. The lowest BCUT2D eigenvalue weighted by atomic mass is 9.93. The second kappa shape index (κ2) is 11.3. The van der Waals surface area contributed by atoms with Crippen molar-refractivity contribution >= 4 is 17.0 Å². The predicted molar refractivity (Wildman–Crippen MR) is 131 cm³/mol. The molecule has 1 unspecified atom stereocenters. The molecule has 2 heterocycles. The molecule has 1 atom stereocenters. The fourth-order valence-electron chi connectivity index (χ4n) is 5.67. The molecule has 0 bridgehead atoms. The van der Waals surface area contributed by atoms with Crippen molar-refractivity contribution in [2.45, 2.75) is 90.1 Å². The summed E-state index contributed by atoms with van der Waals surface area (Å²) in [6, 6.07) is 8.78. The first-order valence-corrected chi connectivity index (χ1v) is 13.0. The number of hydrogen-bond donors (Lipinski definition) is 0. The van der Waals surface area contributed by atoms with Crippen LogP contribution in [0.2, 0.25) is 0 Å². The van der Waals surface area contributed by atoms with E-state index in [0.717, 1.165) is 37.0 Å². The summed E-state index contributed by atoms with van der Waals surface area (Å²) in [6.45, 7) is 6.05.